The minimum absolute atomic E-state index is 0.123. The zero-order valence-corrected chi connectivity index (χ0v) is 15.8. The molecule has 0 spiro atoms. The predicted molar refractivity (Wildman–Crippen MR) is 99.9 cm³/mol. The van der Waals surface area contributed by atoms with E-state index in [4.69, 9.17) is 4.52 Å². The molecule has 0 fully saturated rings. The predicted octanol–water partition coefficient (Wildman–Crippen LogP) is 3.09. The van der Waals surface area contributed by atoms with Crippen LogP contribution in [0.3, 0.4) is 0 Å². The molecule has 4 rings (SSSR count). The number of amides is 1. The average molecular weight is 365 g/mol. The largest absolute Gasteiger partial charge is 0.361 e. The number of aryl methyl sites for hydroxylation is 2. The molecule has 27 heavy (non-hydrogen) atoms. The fraction of sp³-hybridized carbons (Fsp3) is 0.400. The Hall–Kier alpha value is -2.96. The smallest absolute Gasteiger partial charge is 0.223 e. The van der Waals surface area contributed by atoms with E-state index in [1.807, 2.05) is 49.1 Å². The van der Waals surface area contributed by atoms with Crippen LogP contribution in [0.4, 0.5) is 0 Å². The first-order valence-corrected chi connectivity index (χ1v) is 9.23. The van der Waals surface area contributed by atoms with Gasteiger partial charge in [-0.3, -0.25) is 4.79 Å². The molecule has 0 unspecified atom stereocenters. The van der Waals surface area contributed by atoms with Gasteiger partial charge >= 0.3 is 0 Å². The summed E-state index contributed by atoms with van der Waals surface area (Å²) in [5, 5.41) is 12.7. The van der Waals surface area contributed by atoms with Gasteiger partial charge in [0.1, 0.15) is 5.76 Å². The zero-order valence-electron chi connectivity index (χ0n) is 15.8. The fourth-order valence-electron chi connectivity index (χ4n) is 3.75. The molecule has 3 heterocycles. The lowest BCUT2D eigenvalue weighted by Crippen LogP contribution is -2.40. The third-order valence-corrected chi connectivity index (χ3v) is 5.18. The Kier molecular flexibility index (Phi) is 4.51. The summed E-state index contributed by atoms with van der Waals surface area (Å²) in [6.45, 7) is 7.05. The molecule has 1 amide bonds. The van der Waals surface area contributed by atoms with Crippen molar-refractivity contribution in [3.8, 4) is 11.4 Å². The highest BCUT2D eigenvalue weighted by Crippen LogP contribution is 2.27. The van der Waals surface area contributed by atoms with E-state index in [0.29, 0.717) is 25.9 Å². The molecule has 7 heteroatoms. The summed E-state index contributed by atoms with van der Waals surface area (Å²) in [4.78, 5) is 14.6. The Morgan fingerprint density at radius 3 is 2.70 bits per heavy atom. The van der Waals surface area contributed by atoms with Crippen molar-refractivity contribution in [2.24, 2.45) is 0 Å². The van der Waals surface area contributed by atoms with Crippen molar-refractivity contribution in [3.05, 3.63) is 53.2 Å². The maximum absolute atomic E-state index is 12.8. The molecule has 1 aliphatic rings. The van der Waals surface area contributed by atoms with Gasteiger partial charge in [0.25, 0.3) is 0 Å². The average Bonchev–Trinajstić information content (AvgIpc) is 3.24. The zero-order chi connectivity index (χ0) is 19.0. The van der Waals surface area contributed by atoms with Crippen molar-refractivity contribution in [2.75, 3.05) is 6.54 Å². The molecule has 7 nitrogen and oxygen atoms in total. The maximum atomic E-state index is 12.8. The number of rotatable bonds is 4. The number of carbonyl (C=O) groups excluding carboxylic acids is 1. The molecular formula is C20H23N5O2. The Bertz CT molecular complexity index is 941. The van der Waals surface area contributed by atoms with Crippen LogP contribution in [0.15, 0.2) is 34.9 Å². The van der Waals surface area contributed by atoms with Crippen molar-refractivity contribution in [2.45, 2.75) is 46.2 Å². The number of aromatic nitrogens is 4. The van der Waals surface area contributed by atoms with E-state index in [1.54, 1.807) is 0 Å². The van der Waals surface area contributed by atoms with Crippen molar-refractivity contribution in [1.82, 2.24) is 24.8 Å². The second-order valence-corrected chi connectivity index (χ2v) is 7.10. The molecule has 3 aromatic rings. The number of carbonyl (C=O) groups is 1. The Morgan fingerprint density at radius 2 is 2.00 bits per heavy atom. The summed E-state index contributed by atoms with van der Waals surface area (Å²) in [5.41, 5.74) is 2.93. The molecule has 0 saturated carbocycles. The standard InChI is InChI=1S/C20H23N5O2/c1-13-11-24(19(26)10-9-17-14(2)23-27-15(17)3)12-18-21-22-20(25(13)18)16-7-5-4-6-8-16/h4-8,13H,9-12H2,1-3H3/t13-/m0/s1. The van der Waals surface area contributed by atoms with Crippen molar-refractivity contribution < 1.29 is 9.32 Å². The maximum Gasteiger partial charge on any atom is 0.223 e. The molecule has 0 N–H and O–H groups in total. The summed E-state index contributed by atoms with van der Waals surface area (Å²) in [6, 6.07) is 10.2. The first-order valence-electron chi connectivity index (χ1n) is 9.23. The molecule has 1 aromatic carbocycles. The monoisotopic (exact) mass is 365 g/mol. The van der Waals surface area contributed by atoms with Crippen LogP contribution in [0.1, 0.15) is 42.2 Å². The summed E-state index contributed by atoms with van der Waals surface area (Å²) in [7, 11) is 0. The van der Waals surface area contributed by atoms with Gasteiger partial charge in [0.15, 0.2) is 11.6 Å². The lowest BCUT2D eigenvalue weighted by atomic mass is 10.1. The van der Waals surface area contributed by atoms with Gasteiger partial charge in [0.05, 0.1) is 18.3 Å². The summed E-state index contributed by atoms with van der Waals surface area (Å²) in [6.07, 6.45) is 1.09. The molecular weight excluding hydrogens is 342 g/mol. The van der Waals surface area contributed by atoms with Crippen LogP contribution in [0, 0.1) is 13.8 Å². The number of hydrogen-bond acceptors (Lipinski definition) is 5. The van der Waals surface area contributed by atoms with E-state index in [-0.39, 0.29) is 11.9 Å². The second-order valence-electron chi connectivity index (χ2n) is 7.10. The lowest BCUT2D eigenvalue weighted by Gasteiger charge is -2.32. The van der Waals surface area contributed by atoms with E-state index in [9.17, 15) is 4.79 Å². The van der Waals surface area contributed by atoms with Gasteiger partial charge in [0, 0.05) is 24.1 Å². The summed E-state index contributed by atoms with van der Waals surface area (Å²) >= 11 is 0. The minimum atomic E-state index is 0.123. The SMILES string of the molecule is Cc1noc(C)c1CCC(=O)N1Cc2nnc(-c3ccccc3)n2[C@@H](C)C1. The Labute approximate surface area is 158 Å². The fourth-order valence-corrected chi connectivity index (χ4v) is 3.75. The van der Waals surface area contributed by atoms with Gasteiger partial charge in [-0.2, -0.15) is 0 Å². The number of fused-ring (bicyclic) bond motifs is 1. The Morgan fingerprint density at radius 1 is 1.22 bits per heavy atom. The topological polar surface area (TPSA) is 77.1 Å². The molecule has 1 atom stereocenters. The van der Waals surface area contributed by atoms with Gasteiger partial charge in [-0.05, 0) is 27.2 Å². The van der Waals surface area contributed by atoms with E-state index >= 15 is 0 Å². The number of nitrogens with zero attached hydrogens (tertiary/aromatic N) is 5. The van der Waals surface area contributed by atoms with Gasteiger partial charge in [-0.1, -0.05) is 35.5 Å². The van der Waals surface area contributed by atoms with Gasteiger partial charge < -0.3 is 14.0 Å². The summed E-state index contributed by atoms with van der Waals surface area (Å²) in [5.74, 6) is 2.61. The van der Waals surface area contributed by atoms with E-state index in [1.165, 1.54) is 0 Å². The van der Waals surface area contributed by atoms with Crippen LogP contribution >= 0.6 is 0 Å². The highest BCUT2D eigenvalue weighted by atomic mass is 16.5. The molecule has 0 bridgehead atoms. The van der Waals surface area contributed by atoms with Crippen LogP contribution in [0.5, 0.6) is 0 Å². The summed E-state index contributed by atoms with van der Waals surface area (Å²) < 4.78 is 7.33. The van der Waals surface area contributed by atoms with E-state index in [2.05, 4.69) is 26.8 Å². The van der Waals surface area contributed by atoms with Crippen LogP contribution in [-0.4, -0.2) is 37.3 Å². The molecule has 1 aliphatic heterocycles. The number of hydrogen-bond donors (Lipinski definition) is 0. The Balaban J connectivity index is 1.49. The lowest BCUT2D eigenvalue weighted by molar-refractivity contribution is -0.133. The normalized spacial score (nSPS) is 16.4. The highest BCUT2D eigenvalue weighted by Gasteiger charge is 2.29. The molecule has 0 radical (unpaired) electrons. The third-order valence-electron chi connectivity index (χ3n) is 5.18. The molecule has 0 aliphatic carbocycles. The number of benzene rings is 1. The van der Waals surface area contributed by atoms with Crippen molar-refractivity contribution in [3.63, 3.8) is 0 Å². The molecule has 2 aromatic heterocycles. The van der Waals surface area contributed by atoms with Crippen molar-refractivity contribution >= 4 is 5.91 Å². The quantitative estimate of drug-likeness (QED) is 0.710. The van der Waals surface area contributed by atoms with Crippen LogP contribution in [0.25, 0.3) is 11.4 Å². The van der Waals surface area contributed by atoms with Crippen LogP contribution in [-0.2, 0) is 17.8 Å². The first-order chi connectivity index (χ1) is 13.0. The molecule has 0 saturated heterocycles. The first kappa shape index (κ1) is 17.5. The van der Waals surface area contributed by atoms with Crippen LogP contribution < -0.4 is 0 Å². The van der Waals surface area contributed by atoms with Gasteiger partial charge in [-0.15, -0.1) is 10.2 Å². The van der Waals surface area contributed by atoms with Gasteiger partial charge in [-0.25, -0.2) is 0 Å². The van der Waals surface area contributed by atoms with E-state index in [0.717, 1.165) is 34.2 Å². The minimum Gasteiger partial charge on any atom is -0.361 e. The van der Waals surface area contributed by atoms with Crippen LogP contribution in [0.2, 0.25) is 0 Å². The van der Waals surface area contributed by atoms with Crippen molar-refractivity contribution in [1.29, 1.82) is 0 Å². The highest BCUT2D eigenvalue weighted by molar-refractivity contribution is 5.76. The molecule has 140 valence electrons. The second kappa shape index (κ2) is 6.98. The van der Waals surface area contributed by atoms with Gasteiger partial charge in [0.2, 0.25) is 5.91 Å². The van der Waals surface area contributed by atoms with E-state index < -0.39 is 0 Å². The third kappa shape index (κ3) is 3.25.